The van der Waals surface area contributed by atoms with Crippen molar-refractivity contribution in [2.24, 2.45) is 0 Å². The van der Waals surface area contributed by atoms with Crippen LogP contribution in [0.15, 0.2) is 46.5 Å². The molecule has 1 aromatic carbocycles. The van der Waals surface area contributed by atoms with E-state index in [4.69, 9.17) is 11.6 Å². The highest BCUT2D eigenvalue weighted by Crippen LogP contribution is 2.26. The molecule has 3 aromatic rings. The molecule has 0 aliphatic rings. The number of hydrogen-bond acceptors (Lipinski definition) is 4. The van der Waals surface area contributed by atoms with Crippen molar-refractivity contribution in [2.75, 3.05) is 5.32 Å². The van der Waals surface area contributed by atoms with E-state index in [2.05, 4.69) is 10.3 Å². The molecular formula is C14H9ClN2OS2. The lowest BCUT2D eigenvalue weighted by Gasteiger charge is -2.02. The van der Waals surface area contributed by atoms with E-state index in [1.165, 1.54) is 11.3 Å². The molecule has 0 radical (unpaired) electrons. The Kier molecular flexibility index (Phi) is 3.82. The van der Waals surface area contributed by atoms with Crippen LogP contribution in [0.5, 0.6) is 0 Å². The second kappa shape index (κ2) is 5.75. The number of thiazole rings is 1. The predicted molar refractivity (Wildman–Crippen MR) is 84.8 cm³/mol. The molecule has 3 nitrogen and oxygen atoms in total. The van der Waals surface area contributed by atoms with Crippen molar-refractivity contribution < 1.29 is 4.79 Å². The first kappa shape index (κ1) is 13.3. The van der Waals surface area contributed by atoms with Gasteiger partial charge in [-0.05, 0) is 29.6 Å². The number of carbonyl (C=O) groups excluding carboxylic acids is 1. The van der Waals surface area contributed by atoms with Crippen molar-refractivity contribution >= 4 is 45.9 Å². The summed E-state index contributed by atoms with van der Waals surface area (Å²) in [5.74, 6) is -0.231. The third-order valence-electron chi connectivity index (χ3n) is 2.59. The summed E-state index contributed by atoms with van der Waals surface area (Å²) in [7, 11) is 0. The van der Waals surface area contributed by atoms with Crippen molar-refractivity contribution in [3.05, 3.63) is 57.2 Å². The van der Waals surface area contributed by atoms with Crippen molar-refractivity contribution in [1.29, 1.82) is 0 Å². The van der Waals surface area contributed by atoms with Crippen molar-refractivity contribution in [1.82, 2.24) is 4.98 Å². The van der Waals surface area contributed by atoms with Gasteiger partial charge in [0.25, 0.3) is 5.91 Å². The van der Waals surface area contributed by atoms with E-state index in [9.17, 15) is 4.79 Å². The average Bonchev–Trinajstić information content (AvgIpc) is 3.10. The molecule has 0 atom stereocenters. The Morgan fingerprint density at radius 2 is 2.15 bits per heavy atom. The second-order valence-electron chi connectivity index (χ2n) is 4.01. The fourth-order valence-electron chi connectivity index (χ4n) is 1.66. The first-order chi connectivity index (χ1) is 9.72. The van der Waals surface area contributed by atoms with Crippen LogP contribution in [0, 0.1) is 0 Å². The second-order valence-corrected chi connectivity index (χ2v) is 6.09. The zero-order chi connectivity index (χ0) is 13.9. The van der Waals surface area contributed by atoms with Gasteiger partial charge in [0, 0.05) is 27.0 Å². The molecule has 0 unspecified atom stereocenters. The fraction of sp³-hybridized carbons (Fsp3) is 0. The number of thiophene rings is 1. The summed E-state index contributed by atoms with van der Waals surface area (Å²) in [5.41, 5.74) is 2.12. The van der Waals surface area contributed by atoms with Gasteiger partial charge in [0.2, 0.25) is 0 Å². The Labute approximate surface area is 128 Å². The van der Waals surface area contributed by atoms with Crippen molar-refractivity contribution in [3.63, 3.8) is 0 Å². The van der Waals surface area contributed by atoms with E-state index in [-0.39, 0.29) is 5.91 Å². The zero-order valence-electron chi connectivity index (χ0n) is 10.2. The van der Waals surface area contributed by atoms with Gasteiger partial charge in [-0.2, -0.15) is 11.3 Å². The van der Waals surface area contributed by atoms with E-state index in [0.29, 0.717) is 16.4 Å². The zero-order valence-corrected chi connectivity index (χ0v) is 12.6. The molecule has 2 aromatic heterocycles. The number of amides is 1. The van der Waals surface area contributed by atoms with E-state index in [1.54, 1.807) is 41.0 Å². The lowest BCUT2D eigenvalue weighted by molar-refractivity contribution is 0.102. The number of benzene rings is 1. The molecule has 0 spiro atoms. The summed E-state index contributed by atoms with van der Waals surface area (Å²) in [5, 5.41) is 9.97. The number of nitrogens with one attached hydrogen (secondary N) is 1. The Balaban J connectivity index is 1.78. The largest absolute Gasteiger partial charge is 0.321 e. The lowest BCUT2D eigenvalue weighted by atomic mass is 10.3. The number of anilines is 1. The maximum absolute atomic E-state index is 12.1. The van der Waals surface area contributed by atoms with Crippen LogP contribution in [0.25, 0.3) is 10.6 Å². The van der Waals surface area contributed by atoms with Crippen LogP contribution in [-0.2, 0) is 0 Å². The highest BCUT2D eigenvalue weighted by Gasteiger charge is 2.12. The standard InChI is InChI=1S/C14H9ClN2OS2/c15-10-2-1-3-11(6-10)16-13(18)12-8-20-14(17-12)9-4-5-19-7-9/h1-8H,(H,16,18). The summed E-state index contributed by atoms with van der Waals surface area (Å²) >= 11 is 8.95. The normalized spacial score (nSPS) is 10.4. The maximum atomic E-state index is 12.1. The number of rotatable bonds is 3. The minimum Gasteiger partial charge on any atom is -0.321 e. The van der Waals surface area contributed by atoms with Crippen LogP contribution >= 0.6 is 34.3 Å². The molecule has 100 valence electrons. The summed E-state index contributed by atoms with van der Waals surface area (Å²) < 4.78 is 0. The van der Waals surface area contributed by atoms with Gasteiger partial charge >= 0.3 is 0 Å². The van der Waals surface area contributed by atoms with Crippen LogP contribution in [0.1, 0.15) is 10.5 Å². The minimum atomic E-state index is -0.231. The van der Waals surface area contributed by atoms with Crippen LogP contribution < -0.4 is 5.32 Å². The smallest absolute Gasteiger partial charge is 0.275 e. The molecule has 0 aliphatic carbocycles. The number of hydrogen-bond donors (Lipinski definition) is 1. The van der Waals surface area contributed by atoms with Gasteiger partial charge in [0.15, 0.2) is 0 Å². The molecular weight excluding hydrogens is 312 g/mol. The Morgan fingerprint density at radius 1 is 1.25 bits per heavy atom. The molecule has 20 heavy (non-hydrogen) atoms. The Bertz CT molecular complexity index is 737. The van der Waals surface area contributed by atoms with Gasteiger partial charge in [-0.1, -0.05) is 17.7 Å². The molecule has 0 bridgehead atoms. The minimum absolute atomic E-state index is 0.231. The highest BCUT2D eigenvalue weighted by molar-refractivity contribution is 7.14. The van der Waals surface area contributed by atoms with E-state index in [0.717, 1.165) is 10.6 Å². The monoisotopic (exact) mass is 320 g/mol. The molecule has 0 saturated carbocycles. The number of carbonyl (C=O) groups is 1. The maximum Gasteiger partial charge on any atom is 0.275 e. The van der Waals surface area contributed by atoms with E-state index in [1.807, 2.05) is 16.8 Å². The summed E-state index contributed by atoms with van der Waals surface area (Å²) in [4.78, 5) is 16.5. The molecule has 0 saturated heterocycles. The average molecular weight is 321 g/mol. The Hall–Kier alpha value is -1.69. The van der Waals surface area contributed by atoms with Gasteiger partial charge in [-0.25, -0.2) is 4.98 Å². The summed E-state index contributed by atoms with van der Waals surface area (Å²) in [6.07, 6.45) is 0. The van der Waals surface area contributed by atoms with Crippen LogP contribution in [-0.4, -0.2) is 10.9 Å². The van der Waals surface area contributed by atoms with Crippen LogP contribution in [0.2, 0.25) is 5.02 Å². The highest BCUT2D eigenvalue weighted by atomic mass is 35.5. The summed E-state index contributed by atoms with van der Waals surface area (Å²) in [6.45, 7) is 0. The van der Waals surface area contributed by atoms with Gasteiger partial charge in [0.1, 0.15) is 10.7 Å². The first-order valence-corrected chi connectivity index (χ1v) is 7.97. The predicted octanol–water partition coefficient (Wildman–Crippen LogP) is 4.78. The van der Waals surface area contributed by atoms with Gasteiger partial charge in [0.05, 0.1) is 0 Å². The molecule has 1 N–H and O–H groups in total. The third-order valence-corrected chi connectivity index (χ3v) is 4.40. The topological polar surface area (TPSA) is 42.0 Å². The van der Waals surface area contributed by atoms with E-state index >= 15 is 0 Å². The number of aromatic nitrogens is 1. The lowest BCUT2D eigenvalue weighted by Crippen LogP contribution is -2.12. The van der Waals surface area contributed by atoms with Gasteiger partial charge in [-0.3, -0.25) is 4.79 Å². The van der Waals surface area contributed by atoms with Gasteiger partial charge in [-0.15, -0.1) is 11.3 Å². The molecule has 6 heteroatoms. The van der Waals surface area contributed by atoms with Crippen LogP contribution in [0.4, 0.5) is 5.69 Å². The van der Waals surface area contributed by atoms with E-state index < -0.39 is 0 Å². The van der Waals surface area contributed by atoms with Crippen molar-refractivity contribution in [2.45, 2.75) is 0 Å². The fourth-order valence-corrected chi connectivity index (χ4v) is 3.36. The number of nitrogens with zero attached hydrogens (tertiary/aromatic N) is 1. The SMILES string of the molecule is O=C(Nc1cccc(Cl)c1)c1csc(-c2ccsc2)n1. The quantitative estimate of drug-likeness (QED) is 0.754. The van der Waals surface area contributed by atoms with Crippen molar-refractivity contribution in [3.8, 4) is 10.6 Å². The number of halogens is 1. The molecule has 0 aliphatic heterocycles. The van der Waals surface area contributed by atoms with Gasteiger partial charge < -0.3 is 5.32 Å². The molecule has 1 amide bonds. The molecule has 2 heterocycles. The third kappa shape index (κ3) is 2.90. The molecule has 0 fully saturated rings. The first-order valence-electron chi connectivity index (χ1n) is 5.77. The Morgan fingerprint density at radius 3 is 2.90 bits per heavy atom. The molecule has 3 rings (SSSR count). The van der Waals surface area contributed by atoms with Crippen LogP contribution in [0.3, 0.4) is 0 Å². The summed E-state index contributed by atoms with van der Waals surface area (Å²) in [6, 6.07) is 9.02.